The van der Waals surface area contributed by atoms with Crippen LogP contribution in [0.4, 0.5) is 5.69 Å². The Bertz CT molecular complexity index is 972. The smallest absolute Gasteiger partial charge is 0.310 e. The molecule has 1 heterocycles. The van der Waals surface area contributed by atoms with Gasteiger partial charge in [0.05, 0.1) is 19.2 Å². The number of anilines is 1. The zero-order chi connectivity index (χ0) is 20.8. The van der Waals surface area contributed by atoms with Gasteiger partial charge in [0.1, 0.15) is 18.1 Å². The third-order valence-corrected chi connectivity index (χ3v) is 4.47. The maximum atomic E-state index is 12.3. The molecule has 0 unspecified atom stereocenters. The molecule has 0 saturated heterocycles. The first-order chi connectivity index (χ1) is 14.0. The molecule has 0 bridgehead atoms. The Morgan fingerprint density at radius 3 is 2.31 bits per heavy atom. The fourth-order valence-electron chi connectivity index (χ4n) is 2.74. The highest BCUT2D eigenvalue weighted by Gasteiger charge is 2.14. The Morgan fingerprint density at radius 1 is 1.03 bits per heavy atom. The molecule has 0 aliphatic rings. The number of carbonyl (C=O) groups is 2. The molecule has 0 atom stereocenters. The van der Waals surface area contributed by atoms with E-state index in [4.69, 9.17) is 14.0 Å². The van der Waals surface area contributed by atoms with Crippen LogP contribution in [0.3, 0.4) is 0 Å². The van der Waals surface area contributed by atoms with Crippen LogP contribution in [0.25, 0.3) is 0 Å². The summed E-state index contributed by atoms with van der Waals surface area (Å²) in [5, 5.41) is 6.65. The Labute approximate surface area is 168 Å². The minimum Gasteiger partial charge on any atom is -0.497 e. The van der Waals surface area contributed by atoms with Crippen molar-refractivity contribution in [3.8, 4) is 5.75 Å². The molecule has 29 heavy (non-hydrogen) atoms. The van der Waals surface area contributed by atoms with Gasteiger partial charge in [-0.3, -0.25) is 9.59 Å². The van der Waals surface area contributed by atoms with Crippen molar-refractivity contribution in [2.24, 2.45) is 0 Å². The zero-order valence-electron chi connectivity index (χ0n) is 16.5. The molecule has 1 amide bonds. The maximum Gasteiger partial charge on any atom is 0.310 e. The molecular weight excluding hydrogens is 372 g/mol. The first kappa shape index (κ1) is 20.1. The number of nitrogens with zero attached hydrogens (tertiary/aromatic N) is 1. The fourth-order valence-corrected chi connectivity index (χ4v) is 2.74. The standard InChI is InChI=1S/C22H22N2O5/c1-14-20(15(2)29-24-14)12-21(25)28-13-16-4-6-17(7-5-16)22(26)23-18-8-10-19(27-3)11-9-18/h4-11H,12-13H2,1-3H3,(H,23,26). The highest BCUT2D eigenvalue weighted by atomic mass is 16.5. The molecule has 3 rings (SSSR count). The summed E-state index contributed by atoms with van der Waals surface area (Å²) >= 11 is 0. The quantitative estimate of drug-likeness (QED) is 0.613. The summed E-state index contributed by atoms with van der Waals surface area (Å²) in [5.74, 6) is 0.751. The molecule has 1 aromatic heterocycles. The van der Waals surface area contributed by atoms with Crippen molar-refractivity contribution in [2.75, 3.05) is 12.4 Å². The average Bonchev–Trinajstić information content (AvgIpc) is 3.05. The second-order valence-corrected chi connectivity index (χ2v) is 6.52. The Balaban J connectivity index is 1.52. The van der Waals surface area contributed by atoms with Crippen LogP contribution >= 0.6 is 0 Å². The number of hydrogen-bond acceptors (Lipinski definition) is 6. The summed E-state index contributed by atoms with van der Waals surface area (Å²) in [6.07, 6.45) is 0.115. The van der Waals surface area contributed by atoms with E-state index in [0.29, 0.717) is 22.7 Å². The zero-order valence-corrected chi connectivity index (χ0v) is 16.5. The summed E-state index contributed by atoms with van der Waals surface area (Å²) in [4.78, 5) is 24.4. The number of aromatic nitrogens is 1. The van der Waals surface area contributed by atoms with Gasteiger partial charge in [0.2, 0.25) is 0 Å². The Kier molecular flexibility index (Phi) is 6.29. The molecule has 1 N–H and O–H groups in total. The third kappa shape index (κ3) is 5.22. The summed E-state index contributed by atoms with van der Waals surface area (Å²) in [6.45, 7) is 3.68. The van der Waals surface area contributed by atoms with Crippen molar-refractivity contribution >= 4 is 17.6 Å². The minimum atomic E-state index is -0.360. The second kappa shape index (κ2) is 9.05. The third-order valence-electron chi connectivity index (χ3n) is 4.47. The van der Waals surface area contributed by atoms with Gasteiger partial charge in [-0.25, -0.2) is 0 Å². The van der Waals surface area contributed by atoms with Gasteiger partial charge in [0, 0.05) is 16.8 Å². The molecule has 0 aliphatic heterocycles. The lowest BCUT2D eigenvalue weighted by molar-refractivity contribution is -0.144. The normalized spacial score (nSPS) is 10.4. The van der Waals surface area contributed by atoms with Gasteiger partial charge in [0.25, 0.3) is 5.91 Å². The van der Waals surface area contributed by atoms with Crippen LogP contribution in [-0.2, 0) is 22.6 Å². The van der Waals surface area contributed by atoms with Crippen molar-refractivity contribution in [1.29, 1.82) is 0 Å². The number of methoxy groups -OCH3 is 1. The number of ether oxygens (including phenoxy) is 2. The van der Waals surface area contributed by atoms with Crippen molar-refractivity contribution in [3.63, 3.8) is 0 Å². The summed E-state index contributed by atoms with van der Waals surface area (Å²) < 4.78 is 15.5. The van der Waals surface area contributed by atoms with Gasteiger partial charge in [0.15, 0.2) is 0 Å². The van der Waals surface area contributed by atoms with Gasteiger partial charge in [-0.15, -0.1) is 0 Å². The summed E-state index contributed by atoms with van der Waals surface area (Å²) in [6, 6.07) is 14.0. The van der Waals surface area contributed by atoms with Crippen LogP contribution in [-0.4, -0.2) is 24.1 Å². The van der Waals surface area contributed by atoms with E-state index in [9.17, 15) is 9.59 Å². The van der Waals surface area contributed by atoms with Gasteiger partial charge in [-0.1, -0.05) is 17.3 Å². The number of esters is 1. The number of benzene rings is 2. The largest absolute Gasteiger partial charge is 0.497 e. The van der Waals surface area contributed by atoms with E-state index < -0.39 is 0 Å². The molecule has 0 spiro atoms. The van der Waals surface area contributed by atoms with Gasteiger partial charge in [-0.05, 0) is 55.8 Å². The maximum absolute atomic E-state index is 12.3. The lowest BCUT2D eigenvalue weighted by Crippen LogP contribution is -2.12. The average molecular weight is 394 g/mol. The van der Waals surface area contributed by atoms with Crippen LogP contribution in [0.5, 0.6) is 5.75 Å². The summed E-state index contributed by atoms with van der Waals surface area (Å²) in [7, 11) is 1.59. The van der Waals surface area contributed by atoms with Gasteiger partial charge >= 0.3 is 5.97 Å². The van der Waals surface area contributed by atoms with Crippen LogP contribution in [0.15, 0.2) is 53.1 Å². The monoisotopic (exact) mass is 394 g/mol. The van der Waals surface area contributed by atoms with Crippen LogP contribution in [0.2, 0.25) is 0 Å². The van der Waals surface area contributed by atoms with Crippen molar-refractivity contribution in [3.05, 3.63) is 76.7 Å². The molecule has 0 aliphatic carbocycles. The molecular formula is C22H22N2O5. The van der Waals surface area contributed by atoms with E-state index >= 15 is 0 Å². The van der Waals surface area contributed by atoms with E-state index in [0.717, 1.165) is 16.9 Å². The van der Waals surface area contributed by atoms with Crippen molar-refractivity contribution in [2.45, 2.75) is 26.9 Å². The predicted molar refractivity (Wildman–Crippen MR) is 107 cm³/mol. The number of amides is 1. The topological polar surface area (TPSA) is 90.7 Å². The lowest BCUT2D eigenvalue weighted by atomic mass is 10.1. The van der Waals surface area contributed by atoms with Gasteiger partial charge < -0.3 is 19.3 Å². The van der Waals surface area contributed by atoms with Crippen molar-refractivity contribution < 1.29 is 23.6 Å². The molecule has 150 valence electrons. The molecule has 0 fully saturated rings. The number of hydrogen-bond donors (Lipinski definition) is 1. The van der Waals surface area contributed by atoms with Crippen molar-refractivity contribution in [1.82, 2.24) is 5.16 Å². The highest BCUT2D eigenvalue weighted by Crippen LogP contribution is 2.17. The SMILES string of the molecule is COc1ccc(NC(=O)c2ccc(COC(=O)Cc3c(C)noc3C)cc2)cc1. The predicted octanol–water partition coefficient (Wildman–Crippen LogP) is 3.84. The van der Waals surface area contributed by atoms with E-state index in [1.807, 2.05) is 0 Å². The first-order valence-electron chi connectivity index (χ1n) is 9.08. The van der Waals surface area contributed by atoms with Crippen LogP contribution in [0, 0.1) is 13.8 Å². The van der Waals surface area contributed by atoms with Gasteiger partial charge in [-0.2, -0.15) is 0 Å². The number of rotatable bonds is 7. The first-order valence-corrected chi connectivity index (χ1v) is 9.08. The lowest BCUT2D eigenvalue weighted by Gasteiger charge is -2.08. The molecule has 3 aromatic rings. The summed E-state index contributed by atoms with van der Waals surface area (Å²) in [5.41, 5.74) is 3.41. The van der Waals surface area contributed by atoms with Crippen LogP contribution < -0.4 is 10.1 Å². The molecule has 0 saturated carbocycles. The molecule has 7 heteroatoms. The fraction of sp³-hybridized carbons (Fsp3) is 0.227. The van der Waals surface area contributed by atoms with E-state index in [1.165, 1.54) is 0 Å². The Morgan fingerprint density at radius 2 is 1.72 bits per heavy atom. The number of carbonyl (C=O) groups excluding carboxylic acids is 2. The molecule has 7 nitrogen and oxygen atoms in total. The van der Waals surface area contributed by atoms with Crippen LogP contribution in [0.1, 0.15) is 32.9 Å². The van der Waals surface area contributed by atoms with E-state index in [2.05, 4.69) is 10.5 Å². The van der Waals surface area contributed by atoms with E-state index in [1.54, 1.807) is 69.5 Å². The number of aryl methyl sites for hydroxylation is 2. The van der Waals surface area contributed by atoms with E-state index in [-0.39, 0.29) is 24.9 Å². The molecule has 2 aromatic carbocycles. The highest BCUT2D eigenvalue weighted by molar-refractivity contribution is 6.04. The minimum absolute atomic E-state index is 0.115. The second-order valence-electron chi connectivity index (χ2n) is 6.52. The Hall–Kier alpha value is -3.61. The molecule has 0 radical (unpaired) electrons. The number of nitrogens with one attached hydrogen (secondary N) is 1.